The van der Waals surface area contributed by atoms with Crippen LogP contribution in [0.2, 0.25) is 0 Å². The summed E-state index contributed by atoms with van der Waals surface area (Å²) in [5, 5.41) is 40.8. The van der Waals surface area contributed by atoms with E-state index in [0.29, 0.717) is 18.5 Å². The largest absolute Gasteiger partial charge is 0.481 e. The van der Waals surface area contributed by atoms with Gasteiger partial charge in [-0.25, -0.2) is 9.78 Å². The third-order valence-corrected chi connectivity index (χ3v) is 13.8. The normalized spacial score (nSPS) is 17.1. The molecule has 1 aromatic rings. The minimum absolute atomic E-state index is 0.00131. The number of nitrogens with one attached hydrogen (secondary N) is 9. The van der Waals surface area contributed by atoms with Crippen molar-refractivity contribution in [2.24, 2.45) is 39.9 Å². The zero-order chi connectivity index (χ0) is 57.0. The maximum Gasteiger partial charge on any atom is 0.326 e. The molecule has 1 heterocycles. The summed E-state index contributed by atoms with van der Waals surface area (Å²) in [6.07, 6.45) is 12.1. The van der Waals surface area contributed by atoms with Gasteiger partial charge in [-0.1, -0.05) is 78.1 Å². The van der Waals surface area contributed by atoms with Crippen LogP contribution in [0.4, 0.5) is 0 Å². The van der Waals surface area contributed by atoms with Gasteiger partial charge in [0.15, 0.2) is 5.96 Å². The molecule has 77 heavy (non-hydrogen) atoms. The summed E-state index contributed by atoms with van der Waals surface area (Å²) in [6, 6.07) is -10.4. The molecule has 0 unspecified atom stereocenters. The number of carboxylic acid groups (broad SMARTS) is 2. The minimum atomic E-state index is -1.74. The maximum atomic E-state index is 14.7. The number of rotatable bonds is 34. The van der Waals surface area contributed by atoms with Gasteiger partial charge in [-0.05, 0) is 82.6 Å². The van der Waals surface area contributed by atoms with Gasteiger partial charge in [0.05, 0.1) is 12.7 Å². The molecule has 0 spiro atoms. The topological polar surface area (TPSA) is 426 Å². The number of nitrogens with two attached hydrogens (primary N) is 3. The minimum Gasteiger partial charge on any atom is -0.481 e. The van der Waals surface area contributed by atoms with Crippen LogP contribution in [0.1, 0.15) is 155 Å². The average Bonchev–Trinajstić information content (AvgIpc) is 3.89. The smallest absolute Gasteiger partial charge is 0.326 e. The maximum absolute atomic E-state index is 14.7. The van der Waals surface area contributed by atoms with E-state index in [1.165, 1.54) is 26.4 Å². The number of guanidine groups is 1. The molecule has 0 aliphatic heterocycles. The van der Waals surface area contributed by atoms with Gasteiger partial charge in [0.1, 0.15) is 48.3 Å². The van der Waals surface area contributed by atoms with Crippen LogP contribution < -0.4 is 59.7 Å². The van der Waals surface area contributed by atoms with Crippen molar-refractivity contribution < 1.29 is 58.2 Å². The van der Waals surface area contributed by atoms with Crippen LogP contribution in [0.3, 0.4) is 0 Å². The van der Waals surface area contributed by atoms with Crippen LogP contribution in [0.25, 0.3) is 0 Å². The lowest BCUT2D eigenvalue weighted by molar-refractivity contribution is -0.142. The second-order valence-corrected chi connectivity index (χ2v) is 20.9. The Morgan fingerprint density at radius 3 is 1.58 bits per heavy atom. The number of nitrogens with zero attached hydrogens (tertiary/aromatic N) is 2. The number of aromatic amines is 1. The highest BCUT2D eigenvalue weighted by Crippen LogP contribution is 2.29. The predicted molar refractivity (Wildman–Crippen MR) is 284 cm³/mol. The number of carbonyl (C=O) groups excluding carboxylic acids is 8. The Labute approximate surface area is 450 Å². The molecule has 432 valence electrons. The van der Waals surface area contributed by atoms with Crippen LogP contribution in [-0.2, 0) is 54.4 Å². The molecular weight excluding hydrogens is 1000 g/mol. The number of hydrogen-bond acceptors (Lipinski definition) is 13. The van der Waals surface area contributed by atoms with Crippen molar-refractivity contribution in [2.75, 3.05) is 13.1 Å². The van der Waals surface area contributed by atoms with E-state index in [1.54, 1.807) is 0 Å². The van der Waals surface area contributed by atoms with Crippen molar-refractivity contribution in [3.63, 3.8) is 0 Å². The number of imidazole rings is 1. The average molecular weight is 1090 g/mol. The number of carbonyl (C=O) groups is 10. The summed E-state index contributed by atoms with van der Waals surface area (Å²) < 4.78 is 0. The molecule has 26 heteroatoms. The molecular formula is C51H86N14O12. The summed E-state index contributed by atoms with van der Waals surface area (Å²) in [5.41, 5.74) is 16.9. The van der Waals surface area contributed by atoms with Gasteiger partial charge < -0.3 is 74.9 Å². The summed E-state index contributed by atoms with van der Waals surface area (Å²) in [5.74, 6) is -9.18. The number of carboxylic acids is 2. The molecule has 0 radical (unpaired) electrons. The highest BCUT2D eigenvalue weighted by molar-refractivity contribution is 5.98. The molecule has 3 rings (SSSR count). The molecule has 8 amide bonds. The lowest BCUT2D eigenvalue weighted by atomic mass is 9.83. The first-order valence-electron chi connectivity index (χ1n) is 27.1. The molecule has 0 saturated heterocycles. The second-order valence-electron chi connectivity index (χ2n) is 20.9. The lowest BCUT2D eigenvalue weighted by Gasteiger charge is -2.31. The van der Waals surface area contributed by atoms with Gasteiger partial charge in [-0.2, -0.15) is 0 Å². The van der Waals surface area contributed by atoms with E-state index in [1.807, 2.05) is 13.8 Å². The number of aliphatic carboxylic acids is 2. The van der Waals surface area contributed by atoms with E-state index >= 15 is 0 Å². The van der Waals surface area contributed by atoms with Crippen molar-refractivity contribution in [2.45, 2.75) is 204 Å². The van der Waals surface area contributed by atoms with Crippen LogP contribution in [0.15, 0.2) is 17.5 Å². The number of hydrogen-bond donors (Lipinski definition) is 14. The fraction of sp³-hybridized carbons (Fsp3) is 0.725. The number of aromatic nitrogens is 2. The van der Waals surface area contributed by atoms with Gasteiger partial charge in [-0.3, -0.25) is 48.1 Å². The van der Waals surface area contributed by atoms with E-state index in [9.17, 15) is 58.2 Å². The number of amides is 8. The zero-order valence-corrected chi connectivity index (χ0v) is 45.2. The van der Waals surface area contributed by atoms with Gasteiger partial charge in [-0.15, -0.1) is 0 Å². The number of aliphatic imine (C=N–C) groups is 1. The van der Waals surface area contributed by atoms with E-state index in [2.05, 4.69) is 57.5 Å². The first kappa shape index (κ1) is 64.4. The SMILES string of the molecule is CC(=O)N[C@@H](Cc1cnc[nH]1)C(=O)N[C@@H](CCCCN)C(=O)N[C@@H](CC(=O)O)C(=O)N[C@H](CC1CCCCC1)C(=O)N[C@@H](CC1CCCCC1)C(=O)N[C@@H](CC(C)C)C(=O)N[C@H](C)C(=O)N[C@@H](CCCN=C(N)N)C(=O)O. The zero-order valence-electron chi connectivity index (χ0n) is 45.2. The van der Waals surface area contributed by atoms with Crippen molar-refractivity contribution in [3.8, 4) is 0 Å². The quantitative estimate of drug-likeness (QED) is 0.0237. The molecule has 2 saturated carbocycles. The van der Waals surface area contributed by atoms with Gasteiger partial charge in [0.25, 0.3) is 0 Å². The number of unbranched alkanes of at least 4 members (excludes halogenated alkanes) is 1. The summed E-state index contributed by atoms with van der Waals surface area (Å²) >= 11 is 0. The van der Waals surface area contributed by atoms with E-state index in [-0.39, 0.29) is 81.7 Å². The second kappa shape index (κ2) is 34.0. The Morgan fingerprint density at radius 2 is 1.09 bits per heavy atom. The van der Waals surface area contributed by atoms with Gasteiger partial charge in [0.2, 0.25) is 47.3 Å². The van der Waals surface area contributed by atoms with Crippen molar-refractivity contribution >= 4 is 65.2 Å². The van der Waals surface area contributed by atoms with Crippen LogP contribution in [0.5, 0.6) is 0 Å². The Morgan fingerprint density at radius 1 is 0.610 bits per heavy atom. The summed E-state index contributed by atoms with van der Waals surface area (Å²) in [4.78, 5) is 145. The van der Waals surface area contributed by atoms with Crippen molar-refractivity contribution in [3.05, 3.63) is 18.2 Å². The molecule has 8 atom stereocenters. The molecule has 2 aliphatic rings. The Kier molecular flexibility index (Phi) is 28.5. The summed E-state index contributed by atoms with van der Waals surface area (Å²) in [7, 11) is 0. The Balaban J connectivity index is 1.89. The van der Waals surface area contributed by atoms with Crippen molar-refractivity contribution in [1.29, 1.82) is 0 Å². The fourth-order valence-electron chi connectivity index (χ4n) is 9.69. The first-order valence-corrected chi connectivity index (χ1v) is 27.1. The highest BCUT2D eigenvalue weighted by Gasteiger charge is 2.37. The van der Waals surface area contributed by atoms with E-state index in [0.717, 1.165) is 64.2 Å². The van der Waals surface area contributed by atoms with E-state index in [4.69, 9.17) is 17.2 Å². The molecule has 2 fully saturated rings. The van der Waals surface area contributed by atoms with Gasteiger partial charge >= 0.3 is 11.9 Å². The fourth-order valence-corrected chi connectivity index (χ4v) is 9.69. The highest BCUT2D eigenvalue weighted by atomic mass is 16.4. The van der Waals surface area contributed by atoms with E-state index < -0.39 is 114 Å². The molecule has 2 aliphatic carbocycles. The Hall–Kier alpha value is -6.86. The van der Waals surface area contributed by atoms with Crippen LogP contribution in [0, 0.1) is 17.8 Å². The monoisotopic (exact) mass is 1090 g/mol. The number of H-pyrrole nitrogens is 1. The molecule has 0 aromatic carbocycles. The Bertz CT molecular complexity index is 2130. The first-order chi connectivity index (χ1) is 36.6. The molecule has 0 bridgehead atoms. The third-order valence-electron chi connectivity index (χ3n) is 13.8. The lowest BCUT2D eigenvalue weighted by Crippen LogP contribution is -2.60. The van der Waals surface area contributed by atoms with Crippen molar-refractivity contribution in [1.82, 2.24) is 52.5 Å². The summed E-state index contributed by atoms with van der Waals surface area (Å²) in [6.45, 7) is 6.66. The molecule has 26 nitrogen and oxygen atoms in total. The standard InChI is InChI=1S/C51H86N14O12/c1-29(2)22-37(45(71)58-30(3)43(69)61-36(50(76)77)19-13-21-56-51(53)54)62-46(72)38(23-32-14-7-5-8-15-32)63-47(73)39(24-33-16-9-6-10-17-33)64-49(75)41(26-42(67)68)65-44(70)35(18-11-12-20-52)60-48(74)40(59-31(4)66)25-34-27-55-28-57-34/h27-30,32-33,35-41H,5-26,52H2,1-4H3,(H,55,57)(H,58,71)(H,59,66)(H,60,74)(H,61,69)(H,62,72)(H,63,73)(H,64,75)(H,65,70)(H,67,68)(H,76,77)(H4,53,54,56)/t30-,35+,36+,37+,38+,39-,40+,41+/m1/s1. The van der Waals surface area contributed by atoms with Crippen LogP contribution >= 0.6 is 0 Å². The predicted octanol–water partition coefficient (Wildman–Crippen LogP) is -0.401. The third kappa shape index (κ3) is 24.8. The molecule has 17 N–H and O–H groups in total. The van der Waals surface area contributed by atoms with Crippen LogP contribution in [-0.4, -0.2) is 147 Å². The van der Waals surface area contributed by atoms with Gasteiger partial charge in [0, 0.05) is 31.8 Å². The molecule has 1 aromatic heterocycles.